The largest absolute Gasteiger partial charge is 0.504 e. The van der Waals surface area contributed by atoms with Gasteiger partial charge in [0.2, 0.25) is 0 Å². The van der Waals surface area contributed by atoms with Crippen molar-refractivity contribution in [2.75, 3.05) is 11.5 Å². The number of anilines is 2. The number of nitrogen functional groups attached to an aromatic ring is 2. The lowest BCUT2D eigenvalue weighted by atomic mass is 9.77. The molecule has 0 saturated carbocycles. The summed E-state index contributed by atoms with van der Waals surface area (Å²) in [6.45, 7) is 3.67. The molecule has 8 N–H and O–H groups in total. The molecular weight excluding hydrogens is 272 g/mol. The first-order valence-corrected chi connectivity index (χ1v) is 6.28. The Bertz CT molecular complexity index is 605. The van der Waals surface area contributed by atoms with Gasteiger partial charge >= 0.3 is 0 Å². The van der Waals surface area contributed by atoms with E-state index in [1.54, 1.807) is 0 Å². The van der Waals surface area contributed by atoms with Gasteiger partial charge in [0.15, 0.2) is 23.0 Å². The Morgan fingerprint density at radius 1 is 0.714 bits per heavy atom. The van der Waals surface area contributed by atoms with Crippen LogP contribution < -0.4 is 11.5 Å². The van der Waals surface area contributed by atoms with E-state index < -0.39 is 5.41 Å². The smallest absolute Gasteiger partial charge is 0.180 e. The normalized spacial score (nSPS) is 11.5. The van der Waals surface area contributed by atoms with Crippen molar-refractivity contribution < 1.29 is 20.4 Å². The maximum atomic E-state index is 9.70. The van der Waals surface area contributed by atoms with E-state index >= 15 is 0 Å². The summed E-state index contributed by atoms with van der Waals surface area (Å²) in [5, 5.41) is 38.4. The zero-order valence-electron chi connectivity index (χ0n) is 11.8. The molecule has 0 aliphatic carbocycles. The Balaban J connectivity index is 2.61. The minimum Gasteiger partial charge on any atom is -0.504 e. The van der Waals surface area contributed by atoms with Crippen molar-refractivity contribution in [3.63, 3.8) is 0 Å². The highest BCUT2D eigenvalue weighted by Crippen LogP contribution is 2.43. The molecule has 0 saturated heterocycles. The highest BCUT2D eigenvalue weighted by molar-refractivity contribution is 5.65. The van der Waals surface area contributed by atoms with Gasteiger partial charge in [-0.1, -0.05) is 13.8 Å². The van der Waals surface area contributed by atoms with Crippen molar-refractivity contribution in [2.45, 2.75) is 19.3 Å². The van der Waals surface area contributed by atoms with E-state index in [1.807, 2.05) is 13.8 Å². The molecule has 0 amide bonds. The number of nitrogens with two attached hydrogens (primary N) is 2. The van der Waals surface area contributed by atoms with Crippen LogP contribution in [0.5, 0.6) is 23.0 Å². The lowest BCUT2D eigenvalue weighted by molar-refractivity contribution is 0.402. The fraction of sp³-hybridized carbons (Fsp3) is 0.200. The topological polar surface area (TPSA) is 133 Å². The fourth-order valence-electron chi connectivity index (χ4n) is 2.17. The van der Waals surface area contributed by atoms with E-state index in [9.17, 15) is 20.4 Å². The zero-order valence-corrected chi connectivity index (χ0v) is 11.8. The number of hydrogen-bond donors (Lipinski definition) is 6. The third-order valence-corrected chi connectivity index (χ3v) is 3.68. The predicted molar refractivity (Wildman–Crippen MR) is 80.5 cm³/mol. The summed E-state index contributed by atoms with van der Waals surface area (Å²) in [7, 11) is 0. The van der Waals surface area contributed by atoms with E-state index in [0.717, 1.165) is 0 Å². The number of phenols is 4. The van der Waals surface area contributed by atoms with E-state index in [2.05, 4.69) is 0 Å². The molecule has 0 radical (unpaired) electrons. The van der Waals surface area contributed by atoms with Crippen molar-refractivity contribution in [1.29, 1.82) is 0 Å². The second-order valence-electron chi connectivity index (χ2n) is 5.49. The maximum Gasteiger partial charge on any atom is 0.180 e. The van der Waals surface area contributed by atoms with Gasteiger partial charge in [-0.3, -0.25) is 0 Å². The minimum absolute atomic E-state index is 0.0500. The average Bonchev–Trinajstić information content (AvgIpc) is 2.40. The summed E-state index contributed by atoms with van der Waals surface area (Å²) in [5.74, 6) is -1.40. The number of benzene rings is 2. The number of hydrogen-bond acceptors (Lipinski definition) is 6. The molecule has 0 spiro atoms. The fourth-order valence-corrected chi connectivity index (χ4v) is 2.17. The Hall–Kier alpha value is -2.76. The molecule has 0 aliphatic heterocycles. The molecule has 112 valence electrons. The van der Waals surface area contributed by atoms with E-state index in [4.69, 9.17) is 11.5 Å². The Morgan fingerprint density at radius 3 is 1.33 bits per heavy atom. The van der Waals surface area contributed by atoms with Gasteiger partial charge in [0.25, 0.3) is 0 Å². The van der Waals surface area contributed by atoms with Gasteiger partial charge in [-0.05, 0) is 35.4 Å². The van der Waals surface area contributed by atoms with E-state index in [1.165, 1.54) is 24.3 Å². The van der Waals surface area contributed by atoms with Gasteiger partial charge in [0.05, 0.1) is 11.4 Å². The van der Waals surface area contributed by atoms with E-state index in [-0.39, 0.29) is 34.4 Å². The molecule has 2 rings (SSSR count). The van der Waals surface area contributed by atoms with Crippen molar-refractivity contribution in [2.24, 2.45) is 0 Å². The van der Waals surface area contributed by atoms with Crippen molar-refractivity contribution in [3.8, 4) is 23.0 Å². The first kappa shape index (κ1) is 14.6. The van der Waals surface area contributed by atoms with Gasteiger partial charge in [0.1, 0.15) is 0 Å². The molecule has 0 atom stereocenters. The van der Waals surface area contributed by atoms with Crippen LogP contribution in [-0.4, -0.2) is 20.4 Å². The van der Waals surface area contributed by atoms with Gasteiger partial charge in [-0.2, -0.15) is 0 Å². The summed E-state index contributed by atoms with van der Waals surface area (Å²) < 4.78 is 0. The van der Waals surface area contributed by atoms with Crippen LogP contribution in [0, 0.1) is 0 Å². The molecule has 0 aliphatic rings. The van der Waals surface area contributed by atoms with Crippen LogP contribution >= 0.6 is 0 Å². The van der Waals surface area contributed by atoms with Crippen LogP contribution in [0.1, 0.15) is 25.0 Å². The first-order chi connectivity index (χ1) is 9.64. The summed E-state index contributed by atoms with van der Waals surface area (Å²) >= 11 is 0. The van der Waals surface area contributed by atoms with Crippen LogP contribution in [0.4, 0.5) is 11.4 Å². The second-order valence-corrected chi connectivity index (χ2v) is 5.49. The van der Waals surface area contributed by atoms with Crippen LogP contribution in [0.3, 0.4) is 0 Å². The molecule has 0 unspecified atom stereocenters. The highest BCUT2D eigenvalue weighted by Gasteiger charge is 2.27. The maximum absolute atomic E-state index is 9.70. The Labute approximate surface area is 121 Å². The summed E-state index contributed by atoms with van der Waals surface area (Å²) in [6.07, 6.45) is 0. The molecule has 0 bridgehead atoms. The minimum atomic E-state index is -0.668. The van der Waals surface area contributed by atoms with Crippen LogP contribution in [0.25, 0.3) is 0 Å². The molecular formula is C15H18N2O4. The number of aromatic hydroxyl groups is 4. The van der Waals surface area contributed by atoms with Crippen LogP contribution in [0.2, 0.25) is 0 Å². The van der Waals surface area contributed by atoms with Crippen LogP contribution in [-0.2, 0) is 5.41 Å². The SMILES string of the molecule is CC(C)(c1cc(N)c(O)c(O)c1)c1cc(N)c(O)c(O)c1. The van der Waals surface area contributed by atoms with Gasteiger partial charge in [-0.25, -0.2) is 0 Å². The molecule has 21 heavy (non-hydrogen) atoms. The number of rotatable bonds is 2. The molecule has 0 heterocycles. The molecule has 0 fully saturated rings. The molecule has 2 aromatic carbocycles. The quantitative estimate of drug-likeness (QED) is 0.370. The summed E-state index contributed by atoms with van der Waals surface area (Å²) in [4.78, 5) is 0. The molecule has 6 nitrogen and oxygen atoms in total. The highest BCUT2D eigenvalue weighted by atomic mass is 16.3. The van der Waals surface area contributed by atoms with E-state index in [0.29, 0.717) is 11.1 Å². The molecule has 2 aromatic rings. The zero-order chi connectivity index (χ0) is 15.9. The monoisotopic (exact) mass is 290 g/mol. The first-order valence-electron chi connectivity index (χ1n) is 6.28. The predicted octanol–water partition coefficient (Wildman–Crippen LogP) is 2.00. The van der Waals surface area contributed by atoms with Gasteiger partial charge in [-0.15, -0.1) is 0 Å². The Morgan fingerprint density at radius 2 is 1.05 bits per heavy atom. The molecule has 0 aromatic heterocycles. The molecule has 6 heteroatoms. The van der Waals surface area contributed by atoms with Crippen molar-refractivity contribution >= 4 is 11.4 Å². The Kier molecular flexibility index (Phi) is 3.25. The lowest BCUT2D eigenvalue weighted by Gasteiger charge is -2.27. The van der Waals surface area contributed by atoms with Gasteiger partial charge in [0, 0.05) is 5.41 Å². The van der Waals surface area contributed by atoms with Gasteiger partial charge < -0.3 is 31.9 Å². The summed E-state index contributed by atoms with van der Waals surface area (Å²) in [5.41, 5.74) is 12.0. The van der Waals surface area contributed by atoms with Crippen LogP contribution in [0.15, 0.2) is 24.3 Å². The average molecular weight is 290 g/mol. The lowest BCUT2D eigenvalue weighted by Crippen LogP contribution is -2.19. The van der Waals surface area contributed by atoms with Crippen molar-refractivity contribution in [1.82, 2.24) is 0 Å². The second kappa shape index (κ2) is 4.66. The van der Waals surface area contributed by atoms with Crippen molar-refractivity contribution in [3.05, 3.63) is 35.4 Å². The number of phenolic OH excluding ortho intramolecular Hbond substituents is 4. The third-order valence-electron chi connectivity index (χ3n) is 3.68. The third kappa shape index (κ3) is 2.35. The standard InChI is InChI=1S/C15H18N2O4/c1-15(2,7-3-9(16)13(20)11(18)5-7)8-4-10(17)14(21)12(19)6-8/h3-6,18-21H,16-17H2,1-2H3. The summed E-state index contributed by atoms with van der Waals surface area (Å²) in [6, 6.07) is 5.86.